The van der Waals surface area contributed by atoms with E-state index in [1.54, 1.807) is 24.3 Å². The first-order valence-electron chi connectivity index (χ1n) is 8.96. The Morgan fingerprint density at radius 2 is 2.29 bits per heavy atom. The maximum atomic E-state index is 13.0. The zero-order valence-corrected chi connectivity index (χ0v) is 17.1. The largest absolute Gasteiger partial charge is 0.369 e. The molecule has 28 heavy (non-hydrogen) atoms. The molecule has 4 rings (SSSR count). The molecule has 1 amide bonds. The van der Waals surface area contributed by atoms with Gasteiger partial charge in [-0.1, -0.05) is 29.8 Å². The molecule has 0 saturated heterocycles. The normalized spacial score (nSPS) is 18.8. The summed E-state index contributed by atoms with van der Waals surface area (Å²) >= 11 is 7.36. The molecule has 0 saturated carbocycles. The number of rotatable bonds is 4. The van der Waals surface area contributed by atoms with Crippen molar-refractivity contribution in [1.29, 1.82) is 0 Å². The van der Waals surface area contributed by atoms with E-state index in [0.29, 0.717) is 34.0 Å². The molecule has 1 atom stereocenters. The van der Waals surface area contributed by atoms with Crippen LogP contribution in [-0.2, 0) is 29.1 Å². The number of hydrogen-bond donors (Lipinski definition) is 1. The van der Waals surface area contributed by atoms with Crippen LogP contribution in [0.1, 0.15) is 30.7 Å². The number of ether oxygens (including phenoxy) is 1. The van der Waals surface area contributed by atoms with Crippen LogP contribution in [-0.4, -0.2) is 26.5 Å². The molecule has 0 radical (unpaired) electrons. The maximum absolute atomic E-state index is 13.0. The smallest absolute Gasteiger partial charge is 0.279 e. The predicted octanol–water partition coefficient (Wildman–Crippen LogP) is 3.39. The molecule has 0 aliphatic carbocycles. The van der Waals surface area contributed by atoms with Gasteiger partial charge in [-0.25, -0.2) is 4.68 Å². The van der Waals surface area contributed by atoms with Crippen LogP contribution in [0.5, 0.6) is 0 Å². The Balaban J connectivity index is 1.64. The number of nitrogens with one attached hydrogen (secondary N) is 1. The summed E-state index contributed by atoms with van der Waals surface area (Å²) < 4.78 is 7.06. The lowest BCUT2D eigenvalue weighted by Crippen LogP contribution is -2.35. The summed E-state index contributed by atoms with van der Waals surface area (Å²) in [7, 11) is 0. The number of nitrogens with zero attached hydrogens (tertiary/aromatic N) is 3. The summed E-state index contributed by atoms with van der Waals surface area (Å²) in [5.74, 6) is -0.371. The number of amides is 1. The maximum Gasteiger partial charge on any atom is 0.279 e. The number of carbonyl (C=O) groups is 1. The minimum Gasteiger partial charge on any atom is -0.369 e. The van der Waals surface area contributed by atoms with Crippen molar-refractivity contribution in [3.8, 4) is 0 Å². The van der Waals surface area contributed by atoms with Crippen molar-refractivity contribution in [2.45, 2.75) is 45.4 Å². The molecule has 0 unspecified atom stereocenters. The van der Waals surface area contributed by atoms with Gasteiger partial charge in [-0.3, -0.25) is 9.59 Å². The van der Waals surface area contributed by atoms with Crippen LogP contribution in [0.25, 0.3) is 10.2 Å². The number of anilines is 1. The molecule has 2 aromatic heterocycles. The Hall–Kier alpha value is -2.29. The average molecular weight is 419 g/mol. The second kappa shape index (κ2) is 7.27. The number of benzene rings is 1. The van der Waals surface area contributed by atoms with E-state index in [-0.39, 0.29) is 23.6 Å². The van der Waals surface area contributed by atoms with Crippen molar-refractivity contribution < 1.29 is 9.53 Å². The second-order valence-corrected chi connectivity index (χ2v) is 8.58. The Labute approximate surface area is 170 Å². The van der Waals surface area contributed by atoms with E-state index in [4.69, 9.17) is 16.3 Å². The number of carbonyl (C=O) groups excluding carboxylic acids is 1. The van der Waals surface area contributed by atoms with E-state index in [0.717, 1.165) is 21.5 Å². The lowest BCUT2D eigenvalue weighted by molar-refractivity contribution is -0.117. The highest BCUT2D eigenvalue weighted by Gasteiger charge is 2.33. The first kappa shape index (κ1) is 19.0. The number of halogens is 1. The molecule has 3 heterocycles. The van der Waals surface area contributed by atoms with E-state index < -0.39 is 0 Å². The molecular weight excluding hydrogens is 400 g/mol. The zero-order valence-electron chi connectivity index (χ0n) is 15.5. The highest BCUT2D eigenvalue weighted by molar-refractivity contribution is 7.18. The van der Waals surface area contributed by atoms with Crippen LogP contribution < -0.4 is 10.9 Å². The van der Waals surface area contributed by atoms with Crippen LogP contribution in [0.2, 0.25) is 5.02 Å². The van der Waals surface area contributed by atoms with Gasteiger partial charge in [-0.15, -0.1) is 16.4 Å². The molecule has 3 aromatic rings. The van der Waals surface area contributed by atoms with Crippen LogP contribution in [0.3, 0.4) is 0 Å². The van der Waals surface area contributed by atoms with Crippen LogP contribution >= 0.6 is 22.9 Å². The Bertz CT molecular complexity index is 1130. The second-order valence-electron chi connectivity index (χ2n) is 7.06. The zero-order chi connectivity index (χ0) is 19.9. The minimum absolute atomic E-state index is 0.222. The number of aromatic nitrogens is 3. The van der Waals surface area contributed by atoms with Gasteiger partial charge >= 0.3 is 0 Å². The molecule has 0 bridgehead atoms. The molecule has 7 nitrogen and oxygen atoms in total. The summed E-state index contributed by atoms with van der Waals surface area (Å²) in [5, 5.41) is 11.9. The fourth-order valence-corrected chi connectivity index (χ4v) is 4.48. The fourth-order valence-electron chi connectivity index (χ4n) is 3.25. The van der Waals surface area contributed by atoms with Gasteiger partial charge in [0.05, 0.1) is 17.6 Å². The fraction of sp³-hybridized carbons (Fsp3) is 0.368. The third kappa shape index (κ3) is 3.55. The van der Waals surface area contributed by atoms with Crippen molar-refractivity contribution in [2.24, 2.45) is 0 Å². The third-order valence-corrected chi connectivity index (χ3v) is 6.34. The number of fused-ring (bicyclic) bond motifs is 3. The van der Waals surface area contributed by atoms with Gasteiger partial charge in [-0.2, -0.15) is 0 Å². The van der Waals surface area contributed by atoms with Crippen molar-refractivity contribution in [3.63, 3.8) is 0 Å². The van der Waals surface area contributed by atoms with E-state index in [1.165, 1.54) is 11.3 Å². The van der Waals surface area contributed by atoms with Crippen molar-refractivity contribution in [2.75, 3.05) is 5.32 Å². The molecule has 1 aromatic carbocycles. The molecule has 1 aliphatic heterocycles. The van der Waals surface area contributed by atoms with Gasteiger partial charge in [0.15, 0.2) is 4.83 Å². The molecule has 9 heteroatoms. The highest BCUT2D eigenvalue weighted by atomic mass is 35.5. The summed E-state index contributed by atoms with van der Waals surface area (Å²) in [6.07, 6.45) is 1.49. The first-order valence-corrected chi connectivity index (χ1v) is 10.2. The minimum atomic E-state index is -0.371. The van der Waals surface area contributed by atoms with Gasteiger partial charge < -0.3 is 10.1 Å². The third-order valence-electron chi connectivity index (χ3n) is 5.02. The summed E-state index contributed by atoms with van der Waals surface area (Å²) in [6, 6.07) is 6.81. The topological polar surface area (TPSA) is 86.1 Å². The predicted molar refractivity (Wildman–Crippen MR) is 109 cm³/mol. The molecular formula is C19H19ClN4O3S. The molecule has 1 N–H and O–H groups in total. The molecule has 146 valence electrons. The Morgan fingerprint density at radius 3 is 3.04 bits per heavy atom. The van der Waals surface area contributed by atoms with E-state index in [2.05, 4.69) is 22.6 Å². The summed E-state index contributed by atoms with van der Waals surface area (Å²) in [4.78, 5) is 27.0. The highest BCUT2D eigenvalue weighted by Crippen LogP contribution is 2.37. The lowest BCUT2D eigenvalue weighted by Gasteiger charge is -2.32. The van der Waals surface area contributed by atoms with Gasteiger partial charge in [0.2, 0.25) is 5.91 Å². The standard InChI is InChI=1S/C19H19ClN4O3S/c1-3-19(2)8-13-14(10-27-19)28-17-16(13)18(26)24(23-22-17)9-15(25)21-12-6-4-5-11(20)7-12/h4-7H,3,8-10H2,1-2H3,(H,21,25)/t19-/m0/s1. The monoisotopic (exact) mass is 418 g/mol. The molecule has 0 fully saturated rings. The SMILES string of the molecule is CC[C@@]1(C)Cc2c(sc3nnn(CC(=O)Nc4cccc(Cl)c4)c(=O)c23)CO1. The van der Waals surface area contributed by atoms with Crippen LogP contribution in [0.15, 0.2) is 29.1 Å². The lowest BCUT2D eigenvalue weighted by atomic mass is 9.90. The van der Waals surface area contributed by atoms with Gasteiger partial charge in [0.25, 0.3) is 5.56 Å². The van der Waals surface area contributed by atoms with Gasteiger partial charge in [0, 0.05) is 22.0 Å². The van der Waals surface area contributed by atoms with E-state index in [1.807, 2.05) is 6.92 Å². The van der Waals surface area contributed by atoms with Crippen molar-refractivity contribution in [1.82, 2.24) is 15.0 Å². The molecule has 0 spiro atoms. The van der Waals surface area contributed by atoms with Crippen LogP contribution in [0, 0.1) is 0 Å². The quantitative estimate of drug-likeness (QED) is 0.701. The van der Waals surface area contributed by atoms with Gasteiger partial charge in [0.1, 0.15) is 6.54 Å². The Kier molecular flexibility index (Phi) is 4.95. The van der Waals surface area contributed by atoms with E-state index >= 15 is 0 Å². The summed E-state index contributed by atoms with van der Waals surface area (Å²) in [6.45, 7) is 4.36. The number of hydrogen-bond acceptors (Lipinski definition) is 6. The molecule has 1 aliphatic rings. The van der Waals surface area contributed by atoms with Crippen molar-refractivity contribution >= 4 is 44.7 Å². The Morgan fingerprint density at radius 1 is 1.46 bits per heavy atom. The summed E-state index contributed by atoms with van der Waals surface area (Å²) in [5.41, 5.74) is 0.929. The van der Waals surface area contributed by atoms with Gasteiger partial charge in [-0.05, 0) is 37.1 Å². The first-order chi connectivity index (χ1) is 13.4. The van der Waals surface area contributed by atoms with E-state index in [9.17, 15) is 9.59 Å². The van der Waals surface area contributed by atoms with Crippen LogP contribution in [0.4, 0.5) is 5.69 Å². The average Bonchev–Trinajstić information content (AvgIpc) is 3.02. The van der Waals surface area contributed by atoms with Crippen molar-refractivity contribution in [3.05, 3.63) is 50.1 Å². The number of thiophene rings is 1.